The Morgan fingerprint density at radius 3 is 1.41 bits per heavy atom. The molecule has 0 atom stereocenters. The Hall–Kier alpha value is -2.97. The smallest absolute Gasteiger partial charge is 0.335 e. The van der Waals surface area contributed by atoms with Crippen LogP contribution in [0.4, 0.5) is 52.7 Å². The van der Waals surface area contributed by atoms with Gasteiger partial charge in [0.2, 0.25) is 0 Å². The molecule has 0 saturated carbocycles. The lowest BCUT2D eigenvalue weighted by molar-refractivity contribution is -0.407. The van der Waals surface area contributed by atoms with Gasteiger partial charge in [0, 0.05) is 26.2 Å². The summed E-state index contributed by atoms with van der Waals surface area (Å²) in [7, 11) is 0. The lowest BCUT2D eigenvalue weighted by Crippen LogP contribution is -2.71. The molecule has 0 aliphatic carbocycles. The molecule has 2 aromatic carbocycles. The average molecular weight is 580 g/mol. The highest BCUT2D eigenvalue weighted by molar-refractivity contribution is 5.85. The van der Waals surface area contributed by atoms with Gasteiger partial charge in [-0.1, -0.05) is 60.7 Å². The molecule has 1 amide bonds. The van der Waals surface area contributed by atoms with Crippen molar-refractivity contribution in [3.63, 3.8) is 0 Å². The molecule has 0 bridgehead atoms. The SMILES string of the molecule is O=C(N1CCN(C(c2ccccc2)c2ccccc2)CC1)C(F)(F)C(F)(F)C(F)(F)C(F)(F)C(F)(F)C(F)F. The first-order valence-corrected chi connectivity index (χ1v) is 11.2. The number of alkyl halides is 12. The minimum Gasteiger partial charge on any atom is -0.335 e. The van der Waals surface area contributed by atoms with E-state index in [1.807, 2.05) is 0 Å². The maximum Gasteiger partial charge on any atom is 0.392 e. The van der Waals surface area contributed by atoms with Crippen molar-refractivity contribution in [2.45, 2.75) is 42.1 Å². The molecule has 216 valence electrons. The van der Waals surface area contributed by atoms with Gasteiger partial charge in [-0.15, -0.1) is 0 Å². The predicted octanol–water partition coefficient (Wildman–Crippen LogP) is 6.36. The van der Waals surface area contributed by atoms with Crippen molar-refractivity contribution in [3.8, 4) is 0 Å². The number of hydrogen-bond donors (Lipinski definition) is 0. The summed E-state index contributed by atoms with van der Waals surface area (Å²) in [5.41, 5.74) is 1.45. The highest BCUT2D eigenvalue weighted by Crippen LogP contribution is 2.58. The van der Waals surface area contributed by atoms with Gasteiger partial charge in [-0.3, -0.25) is 9.69 Å². The van der Waals surface area contributed by atoms with E-state index in [-0.39, 0.29) is 18.0 Å². The molecule has 0 radical (unpaired) electrons. The second-order valence-corrected chi connectivity index (χ2v) is 8.77. The molecule has 0 aromatic heterocycles. The quantitative estimate of drug-likeness (QED) is 0.323. The van der Waals surface area contributed by atoms with Crippen LogP contribution in [0, 0.1) is 0 Å². The van der Waals surface area contributed by atoms with E-state index in [1.165, 1.54) is 0 Å². The Kier molecular flexibility index (Phi) is 8.26. The van der Waals surface area contributed by atoms with E-state index >= 15 is 0 Å². The molecule has 1 fully saturated rings. The second-order valence-electron chi connectivity index (χ2n) is 8.77. The number of carbonyl (C=O) groups is 1. The summed E-state index contributed by atoms with van der Waals surface area (Å²) >= 11 is 0. The molecule has 1 aliphatic heterocycles. The summed E-state index contributed by atoms with van der Waals surface area (Å²) in [6.07, 6.45) is -5.60. The Morgan fingerprint density at radius 1 is 0.615 bits per heavy atom. The van der Waals surface area contributed by atoms with E-state index in [9.17, 15) is 57.5 Å². The molecule has 39 heavy (non-hydrogen) atoms. The predicted molar refractivity (Wildman–Crippen MR) is 114 cm³/mol. The summed E-state index contributed by atoms with van der Waals surface area (Å²) in [5, 5.41) is 0. The normalized spacial score (nSPS) is 16.7. The molecular formula is C24H20F12N2O. The summed E-state index contributed by atoms with van der Waals surface area (Å²) in [6, 6.07) is 16.7. The summed E-state index contributed by atoms with van der Waals surface area (Å²) in [4.78, 5) is 13.9. The Labute approximate surface area is 214 Å². The molecule has 1 saturated heterocycles. The third-order valence-electron chi connectivity index (χ3n) is 6.34. The van der Waals surface area contributed by atoms with E-state index in [4.69, 9.17) is 0 Å². The van der Waals surface area contributed by atoms with Gasteiger partial charge in [0.25, 0.3) is 5.91 Å². The lowest BCUT2D eigenvalue weighted by atomic mass is 9.93. The number of amides is 1. The average Bonchev–Trinajstić information content (AvgIpc) is 2.89. The number of nitrogens with zero attached hydrogens (tertiary/aromatic N) is 2. The Morgan fingerprint density at radius 2 is 1.03 bits per heavy atom. The van der Waals surface area contributed by atoms with Gasteiger partial charge in [0.15, 0.2) is 0 Å². The number of rotatable bonds is 9. The molecule has 0 N–H and O–H groups in total. The van der Waals surface area contributed by atoms with Crippen molar-refractivity contribution in [1.29, 1.82) is 0 Å². The summed E-state index contributed by atoms with van der Waals surface area (Å²) < 4.78 is 162. The zero-order valence-electron chi connectivity index (χ0n) is 19.6. The highest BCUT2D eigenvalue weighted by atomic mass is 19.4. The maximum atomic E-state index is 14.4. The third-order valence-corrected chi connectivity index (χ3v) is 6.34. The molecule has 3 rings (SSSR count). The fraction of sp³-hybridized carbons (Fsp3) is 0.458. The van der Waals surface area contributed by atoms with E-state index in [0.717, 1.165) is 11.1 Å². The van der Waals surface area contributed by atoms with Crippen LogP contribution in [0.2, 0.25) is 0 Å². The van der Waals surface area contributed by atoms with E-state index in [2.05, 4.69) is 0 Å². The molecule has 3 nitrogen and oxygen atoms in total. The van der Waals surface area contributed by atoms with Crippen LogP contribution >= 0.6 is 0 Å². The van der Waals surface area contributed by atoms with E-state index < -0.39 is 61.1 Å². The first kappa shape index (κ1) is 30.6. The van der Waals surface area contributed by atoms with Crippen LogP contribution in [-0.4, -0.2) is 77.9 Å². The van der Waals surface area contributed by atoms with Crippen molar-refractivity contribution < 1.29 is 57.5 Å². The van der Waals surface area contributed by atoms with Gasteiger partial charge in [-0.25, -0.2) is 8.78 Å². The van der Waals surface area contributed by atoms with Gasteiger partial charge in [-0.2, -0.15) is 43.9 Å². The van der Waals surface area contributed by atoms with Crippen molar-refractivity contribution >= 4 is 5.91 Å². The van der Waals surface area contributed by atoms with Gasteiger partial charge < -0.3 is 4.90 Å². The Bertz CT molecular complexity index is 1080. The van der Waals surface area contributed by atoms with Crippen LogP contribution in [0.15, 0.2) is 60.7 Å². The molecular weight excluding hydrogens is 560 g/mol. The van der Waals surface area contributed by atoms with Crippen LogP contribution in [-0.2, 0) is 4.79 Å². The topological polar surface area (TPSA) is 23.6 Å². The second kappa shape index (κ2) is 10.5. The third kappa shape index (κ3) is 5.05. The fourth-order valence-electron chi connectivity index (χ4n) is 4.14. The molecule has 15 heteroatoms. The van der Waals surface area contributed by atoms with Crippen molar-refractivity contribution in [2.24, 2.45) is 0 Å². The first-order valence-electron chi connectivity index (χ1n) is 11.2. The van der Waals surface area contributed by atoms with Crippen LogP contribution in [0.3, 0.4) is 0 Å². The van der Waals surface area contributed by atoms with Gasteiger partial charge >= 0.3 is 36.0 Å². The largest absolute Gasteiger partial charge is 0.392 e. The van der Waals surface area contributed by atoms with E-state index in [0.29, 0.717) is 0 Å². The summed E-state index contributed by atoms with van der Waals surface area (Å²) in [6.45, 7) is -2.04. The highest BCUT2D eigenvalue weighted by Gasteiger charge is 2.89. The molecule has 2 aromatic rings. The zero-order valence-corrected chi connectivity index (χ0v) is 19.6. The minimum absolute atomic E-state index is 0.00304. The van der Waals surface area contributed by atoms with Gasteiger partial charge in [0.1, 0.15) is 0 Å². The van der Waals surface area contributed by atoms with Gasteiger partial charge in [-0.05, 0) is 11.1 Å². The van der Waals surface area contributed by atoms with Gasteiger partial charge in [0.05, 0.1) is 6.04 Å². The Balaban J connectivity index is 1.83. The number of carbonyl (C=O) groups excluding carboxylic acids is 1. The standard InChI is InChI=1S/C24H20F12N2O/c25-18(26)20(27,28)22(31,32)24(35,36)23(33,34)21(29,30)19(39)38-13-11-37(12-14-38)17(15-7-3-1-4-8-15)16-9-5-2-6-10-16/h1-10,17-18H,11-14H2. The van der Waals surface area contributed by atoms with Crippen LogP contribution in [0.5, 0.6) is 0 Å². The van der Waals surface area contributed by atoms with E-state index in [1.54, 1.807) is 65.6 Å². The molecule has 0 spiro atoms. The first-order chi connectivity index (χ1) is 17.9. The maximum absolute atomic E-state index is 14.4. The summed E-state index contributed by atoms with van der Waals surface area (Å²) in [5.74, 6) is -39.7. The van der Waals surface area contributed by atoms with Crippen molar-refractivity contribution in [1.82, 2.24) is 9.80 Å². The molecule has 1 aliphatic rings. The number of hydrogen-bond acceptors (Lipinski definition) is 2. The van der Waals surface area contributed by atoms with Crippen LogP contribution in [0.25, 0.3) is 0 Å². The lowest BCUT2D eigenvalue weighted by Gasteiger charge is -2.42. The zero-order chi connectivity index (χ0) is 29.4. The van der Waals surface area contributed by atoms with Crippen LogP contribution in [0.1, 0.15) is 17.2 Å². The van der Waals surface area contributed by atoms with Crippen LogP contribution < -0.4 is 0 Å². The number of benzene rings is 2. The number of halogens is 12. The minimum atomic E-state index is -7.74. The number of piperazine rings is 1. The van der Waals surface area contributed by atoms with Crippen molar-refractivity contribution in [2.75, 3.05) is 26.2 Å². The molecule has 1 heterocycles. The van der Waals surface area contributed by atoms with Crippen molar-refractivity contribution in [3.05, 3.63) is 71.8 Å². The molecule has 0 unspecified atom stereocenters. The monoisotopic (exact) mass is 580 g/mol. The fourth-order valence-corrected chi connectivity index (χ4v) is 4.14.